The van der Waals surface area contributed by atoms with Gasteiger partial charge in [0.25, 0.3) is 5.91 Å². The lowest BCUT2D eigenvalue weighted by Gasteiger charge is -2.11. The van der Waals surface area contributed by atoms with Gasteiger partial charge < -0.3 is 16.2 Å². The van der Waals surface area contributed by atoms with Gasteiger partial charge in [0.2, 0.25) is 5.91 Å². The molecule has 8 heteroatoms. The van der Waals surface area contributed by atoms with Crippen molar-refractivity contribution in [2.24, 2.45) is 12.8 Å². The lowest BCUT2D eigenvalue weighted by molar-refractivity contribution is -0.140. The van der Waals surface area contributed by atoms with E-state index in [0.717, 1.165) is 0 Å². The molecule has 2 amide bonds. The Hall–Kier alpha value is -2.38. The Kier molecular flexibility index (Phi) is 3.81. The number of rotatable bonds is 5. The fourth-order valence-corrected chi connectivity index (χ4v) is 1.17. The number of aromatic nitrogens is 2. The summed E-state index contributed by atoms with van der Waals surface area (Å²) in [5, 5.41) is 14.7. The molecule has 1 unspecified atom stereocenters. The molecule has 0 saturated heterocycles. The maximum atomic E-state index is 11.6. The van der Waals surface area contributed by atoms with Crippen LogP contribution in [-0.4, -0.2) is 38.7 Å². The number of nitrogens with zero attached hydrogens (tertiary/aromatic N) is 2. The zero-order valence-electron chi connectivity index (χ0n) is 9.08. The molecule has 0 aliphatic heterocycles. The number of carbonyl (C=O) groups excluding carboxylic acids is 2. The van der Waals surface area contributed by atoms with Gasteiger partial charge in [-0.2, -0.15) is 5.10 Å². The van der Waals surface area contributed by atoms with Gasteiger partial charge in [-0.3, -0.25) is 14.3 Å². The highest BCUT2D eigenvalue weighted by Crippen LogP contribution is 1.98. The van der Waals surface area contributed by atoms with E-state index in [2.05, 4.69) is 10.4 Å². The van der Waals surface area contributed by atoms with Crippen LogP contribution in [-0.2, 0) is 16.6 Å². The fourth-order valence-electron chi connectivity index (χ4n) is 1.17. The van der Waals surface area contributed by atoms with E-state index in [-0.39, 0.29) is 5.69 Å². The lowest BCUT2D eigenvalue weighted by Crippen LogP contribution is -2.43. The van der Waals surface area contributed by atoms with Gasteiger partial charge in [0.15, 0.2) is 0 Å². The van der Waals surface area contributed by atoms with Crippen LogP contribution in [0.3, 0.4) is 0 Å². The van der Waals surface area contributed by atoms with Crippen LogP contribution in [0.25, 0.3) is 0 Å². The predicted octanol–water partition coefficient (Wildman–Crippen LogP) is -1.52. The van der Waals surface area contributed by atoms with E-state index in [1.165, 1.54) is 10.7 Å². The van der Waals surface area contributed by atoms with Crippen molar-refractivity contribution in [3.05, 3.63) is 18.0 Å². The molecular weight excluding hydrogens is 228 g/mol. The van der Waals surface area contributed by atoms with Crippen molar-refractivity contribution < 1.29 is 19.5 Å². The van der Waals surface area contributed by atoms with Gasteiger partial charge in [0, 0.05) is 13.2 Å². The van der Waals surface area contributed by atoms with E-state index < -0.39 is 30.2 Å². The Morgan fingerprint density at radius 2 is 2.24 bits per heavy atom. The first kappa shape index (κ1) is 12.7. The third kappa shape index (κ3) is 3.59. The molecule has 0 aliphatic rings. The molecule has 0 radical (unpaired) electrons. The number of carbonyl (C=O) groups is 3. The van der Waals surface area contributed by atoms with Crippen molar-refractivity contribution in [1.29, 1.82) is 0 Å². The Balaban J connectivity index is 2.70. The lowest BCUT2D eigenvalue weighted by atomic mass is 10.2. The maximum Gasteiger partial charge on any atom is 0.326 e. The standard InChI is InChI=1S/C9H12N4O4/c1-13-3-2-5(12-13)8(15)11-6(9(16)17)4-7(10)14/h2-3,6H,4H2,1H3,(H2,10,14)(H,11,15)(H,16,17). The summed E-state index contributed by atoms with van der Waals surface area (Å²) >= 11 is 0. The zero-order valence-corrected chi connectivity index (χ0v) is 9.08. The molecule has 0 fully saturated rings. The van der Waals surface area contributed by atoms with Gasteiger partial charge in [0.05, 0.1) is 6.42 Å². The number of primary amides is 1. The van der Waals surface area contributed by atoms with E-state index in [4.69, 9.17) is 10.8 Å². The maximum absolute atomic E-state index is 11.6. The van der Waals surface area contributed by atoms with Crippen LogP contribution in [0.15, 0.2) is 12.3 Å². The molecule has 4 N–H and O–H groups in total. The average molecular weight is 240 g/mol. The summed E-state index contributed by atoms with van der Waals surface area (Å²) in [7, 11) is 1.62. The smallest absolute Gasteiger partial charge is 0.326 e. The Morgan fingerprint density at radius 3 is 2.65 bits per heavy atom. The molecule has 0 aliphatic carbocycles. The number of hydrogen-bond acceptors (Lipinski definition) is 4. The summed E-state index contributed by atoms with van der Waals surface area (Å²) in [6.45, 7) is 0. The number of nitrogens with two attached hydrogens (primary N) is 1. The number of hydrogen-bond donors (Lipinski definition) is 3. The first-order valence-corrected chi connectivity index (χ1v) is 4.71. The number of aliphatic carboxylic acids is 1. The Labute approximate surface area is 96.4 Å². The van der Waals surface area contributed by atoms with Crippen LogP contribution in [0.4, 0.5) is 0 Å². The molecule has 0 spiro atoms. The van der Waals surface area contributed by atoms with Crippen molar-refractivity contribution in [1.82, 2.24) is 15.1 Å². The largest absolute Gasteiger partial charge is 0.480 e. The van der Waals surface area contributed by atoms with Gasteiger partial charge in [-0.15, -0.1) is 0 Å². The molecule has 0 bridgehead atoms. The van der Waals surface area contributed by atoms with E-state index in [0.29, 0.717) is 0 Å². The minimum absolute atomic E-state index is 0.0724. The first-order chi connectivity index (χ1) is 7.90. The topological polar surface area (TPSA) is 127 Å². The number of nitrogens with one attached hydrogen (secondary N) is 1. The van der Waals surface area contributed by atoms with Crippen molar-refractivity contribution in [3.63, 3.8) is 0 Å². The molecule has 17 heavy (non-hydrogen) atoms. The normalized spacial score (nSPS) is 11.8. The highest BCUT2D eigenvalue weighted by molar-refractivity contribution is 5.96. The zero-order chi connectivity index (χ0) is 13.0. The summed E-state index contributed by atoms with van der Waals surface area (Å²) in [6, 6.07) is 0.0837. The van der Waals surface area contributed by atoms with Crippen LogP contribution in [0.1, 0.15) is 16.9 Å². The van der Waals surface area contributed by atoms with Gasteiger partial charge >= 0.3 is 5.97 Å². The molecule has 1 aromatic rings. The molecule has 8 nitrogen and oxygen atoms in total. The second kappa shape index (κ2) is 5.10. The molecule has 1 heterocycles. The number of aryl methyl sites for hydroxylation is 1. The summed E-state index contributed by atoms with van der Waals surface area (Å²) in [4.78, 5) is 32.9. The van der Waals surface area contributed by atoms with Gasteiger partial charge in [-0.25, -0.2) is 4.79 Å². The molecular formula is C9H12N4O4. The van der Waals surface area contributed by atoms with E-state index >= 15 is 0 Å². The van der Waals surface area contributed by atoms with Crippen LogP contribution >= 0.6 is 0 Å². The quantitative estimate of drug-likeness (QED) is 0.575. The van der Waals surface area contributed by atoms with Crippen LogP contribution in [0.2, 0.25) is 0 Å². The van der Waals surface area contributed by atoms with Crippen LogP contribution < -0.4 is 11.1 Å². The monoisotopic (exact) mass is 240 g/mol. The summed E-state index contributed by atoms with van der Waals surface area (Å²) in [5.41, 5.74) is 4.95. The molecule has 92 valence electrons. The van der Waals surface area contributed by atoms with Crippen molar-refractivity contribution in [2.45, 2.75) is 12.5 Å². The predicted molar refractivity (Wildman–Crippen MR) is 55.9 cm³/mol. The number of carboxylic acid groups (broad SMARTS) is 1. The van der Waals surface area contributed by atoms with Gasteiger partial charge in [-0.05, 0) is 6.07 Å². The fraction of sp³-hybridized carbons (Fsp3) is 0.333. The summed E-state index contributed by atoms with van der Waals surface area (Å²) in [5.74, 6) is -2.80. The van der Waals surface area contributed by atoms with E-state index in [9.17, 15) is 14.4 Å². The highest BCUT2D eigenvalue weighted by atomic mass is 16.4. The summed E-state index contributed by atoms with van der Waals surface area (Å²) in [6.07, 6.45) is 1.08. The molecule has 1 rings (SSSR count). The minimum Gasteiger partial charge on any atom is -0.480 e. The molecule has 0 aromatic carbocycles. The molecule has 1 aromatic heterocycles. The third-order valence-electron chi connectivity index (χ3n) is 1.95. The number of carboxylic acids is 1. The summed E-state index contributed by atoms with van der Waals surface area (Å²) < 4.78 is 1.40. The second-order valence-corrected chi connectivity index (χ2v) is 3.41. The third-order valence-corrected chi connectivity index (χ3v) is 1.95. The molecule has 1 atom stereocenters. The molecule has 0 saturated carbocycles. The van der Waals surface area contributed by atoms with Crippen LogP contribution in [0, 0.1) is 0 Å². The van der Waals surface area contributed by atoms with Crippen molar-refractivity contribution >= 4 is 17.8 Å². The van der Waals surface area contributed by atoms with Gasteiger partial charge in [-0.1, -0.05) is 0 Å². The number of amides is 2. The minimum atomic E-state index is -1.35. The van der Waals surface area contributed by atoms with Crippen molar-refractivity contribution in [2.75, 3.05) is 0 Å². The average Bonchev–Trinajstić information content (AvgIpc) is 2.63. The van der Waals surface area contributed by atoms with Crippen molar-refractivity contribution in [3.8, 4) is 0 Å². The van der Waals surface area contributed by atoms with E-state index in [1.54, 1.807) is 13.2 Å². The van der Waals surface area contributed by atoms with Gasteiger partial charge in [0.1, 0.15) is 11.7 Å². The van der Waals surface area contributed by atoms with Crippen LogP contribution in [0.5, 0.6) is 0 Å². The highest BCUT2D eigenvalue weighted by Gasteiger charge is 2.23. The SMILES string of the molecule is Cn1ccc(C(=O)NC(CC(N)=O)C(=O)O)n1. The Morgan fingerprint density at radius 1 is 1.59 bits per heavy atom. The second-order valence-electron chi connectivity index (χ2n) is 3.41. The first-order valence-electron chi connectivity index (χ1n) is 4.71. The van der Waals surface area contributed by atoms with E-state index in [1.807, 2.05) is 0 Å². The Bertz CT molecular complexity index is 454.